The van der Waals surface area contributed by atoms with Gasteiger partial charge in [0, 0.05) is 44.5 Å². The molecule has 0 saturated heterocycles. The van der Waals surface area contributed by atoms with Gasteiger partial charge in [-0.25, -0.2) is 9.07 Å². The Labute approximate surface area is 239 Å². The Morgan fingerprint density at radius 2 is 1.98 bits per heavy atom. The Morgan fingerprint density at radius 3 is 2.68 bits per heavy atom. The lowest BCUT2D eigenvalue weighted by Gasteiger charge is -2.32. The van der Waals surface area contributed by atoms with E-state index in [2.05, 4.69) is 57.7 Å². The smallest absolute Gasteiger partial charge is 0.255 e. The van der Waals surface area contributed by atoms with E-state index in [0.29, 0.717) is 35.2 Å². The first kappa shape index (κ1) is 28.4. The number of nitrogens with zero attached hydrogens (tertiary/aromatic N) is 6. The van der Waals surface area contributed by atoms with E-state index < -0.39 is 5.82 Å². The van der Waals surface area contributed by atoms with Crippen LogP contribution in [-0.4, -0.2) is 62.4 Å². The quantitative estimate of drug-likeness (QED) is 0.314. The zero-order chi connectivity index (χ0) is 29.1. The molecule has 41 heavy (non-hydrogen) atoms. The number of aromatic nitrogens is 5. The van der Waals surface area contributed by atoms with Gasteiger partial charge in [-0.3, -0.25) is 14.4 Å². The molecule has 2 aromatic heterocycles. The maximum absolute atomic E-state index is 15.3. The van der Waals surface area contributed by atoms with Crippen molar-refractivity contribution in [3.05, 3.63) is 87.7 Å². The number of fused-ring (bicyclic) bond motifs is 1. The number of methoxy groups -OCH3 is 2. The molecular formula is C30H36FN7O3. The molecule has 3 heterocycles. The number of ether oxygens (including phenoxy) is 2. The standard InChI is InChI=1S/C30H36FN7O3/c1-19(2)36-11-10-22-7-6-21(12-23(22)16-36)15-37-17-25(26(34-37)18-40-4)30(39)32-13-24-27(38-14-20(3)33-35-38)8-9-28(41-5)29(24)31/h6-9,12,14,17,19H,10-11,13,15-16,18H2,1-5H3,(H,32,39). The van der Waals surface area contributed by atoms with Crippen molar-refractivity contribution < 1.29 is 18.7 Å². The first-order valence-electron chi connectivity index (χ1n) is 13.7. The maximum Gasteiger partial charge on any atom is 0.255 e. The van der Waals surface area contributed by atoms with Gasteiger partial charge < -0.3 is 14.8 Å². The lowest BCUT2D eigenvalue weighted by atomic mass is 9.96. The number of hydrogen-bond donors (Lipinski definition) is 1. The van der Waals surface area contributed by atoms with E-state index in [4.69, 9.17) is 9.47 Å². The van der Waals surface area contributed by atoms with Crippen LogP contribution in [0.25, 0.3) is 5.69 Å². The van der Waals surface area contributed by atoms with E-state index in [1.807, 2.05) is 0 Å². The van der Waals surface area contributed by atoms with Crippen LogP contribution in [0.5, 0.6) is 5.75 Å². The molecule has 0 unspecified atom stereocenters. The largest absolute Gasteiger partial charge is 0.494 e. The van der Waals surface area contributed by atoms with Crippen molar-refractivity contribution in [2.75, 3.05) is 20.8 Å². The second-order valence-corrected chi connectivity index (χ2v) is 10.6. The van der Waals surface area contributed by atoms with Crippen LogP contribution in [0.4, 0.5) is 4.39 Å². The molecule has 4 aromatic rings. The molecule has 1 amide bonds. The molecule has 1 aliphatic heterocycles. The molecule has 11 heteroatoms. The van der Waals surface area contributed by atoms with Gasteiger partial charge in [0.1, 0.15) is 5.69 Å². The van der Waals surface area contributed by atoms with Crippen molar-refractivity contribution in [1.29, 1.82) is 0 Å². The van der Waals surface area contributed by atoms with Crippen molar-refractivity contribution >= 4 is 5.91 Å². The summed E-state index contributed by atoms with van der Waals surface area (Å²) in [5.74, 6) is -0.886. The lowest BCUT2D eigenvalue weighted by Crippen LogP contribution is -2.35. The highest BCUT2D eigenvalue weighted by Crippen LogP contribution is 2.27. The summed E-state index contributed by atoms with van der Waals surface area (Å²) in [5, 5.41) is 15.6. The summed E-state index contributed by atoms with van der Waals surface area (Å²) in [4.78, 5) is 15.8. The van der Waals surface area contributed by atoms with Crippen LogP contribution < -0.4 is 10.1 Å². The zero-order valence-electron chi connectivity index (χ0n) is 24.1. The highest BCUT2D eigenvalue weighted by Gasteiger charge is 2.22. The molecule has 1 N–H and O–H groups in total. The number of halogens is 1. The van der Waals surface area contributed by atoms with Gasteiger partial charge in [0.05, 0.1) is 43.4 Å². The Morgan fingerprint density at radius 1 is 1.15 bits per heavy atom. The molecule has 0 spiro atoms. The van der Waals surface area contributed by atoms with E-state index in [9.17, 15) is 4.79 Å². The fourth-order valence-corrected chi connectivity index (χ4v) is 5.19. The molecule has 0 atom stereocenters. The minimum absolute atomic E-state index is 0.0734. The molecule has 216 valence electrons. The molecule has 5 rings (SSSR count). The Bertz CT molecular complexity index is 1550. The average Bonchev–Trinajstić information content (AvgIpc) is 3.57. The van der Waals surface area contributed by atoms with E-state index in [1.54, 1.807) is 37.2 Å². The Balaban J connectivity index is 1.36. The minimum atomic E-state index is -0.574. The third kappa shape index (κ3) is 6.15. The molecule has 1 aliphatic rings. The Hall–Kier alpha value is -4.09. The summed E-state index contributed by atoms with van der Waals surface area (Å²) in [6, 6.07) is 10.3. The first-order chi connectivity index (χ1) is 19.8. The second-order valence-electron chi connectivity index (χ2n) is 10.6. The number of amides is 1. The fourth-order valence-electron chi connectivity index (χ4n) is 5.19. The summed E-state index contributed by atoms with van der Waals surface area (Å²) in [7, 11) is 2.96. The molecular weight excluding hydrogens is 525 g/mol. The predicted octanol–water partition coefficient (Wildman–Crippen LogP) is 3.81. The van der Waals surface area contributed by atoms with Gasteiger partial charge in [0.15, 0.2) is 11.6 Å². The van der Waals surface area contributed by atoms with Gasteiger partial charge in [-0.05, 0) is 56.0 Å². The summed E-state index contributed by atoms with van der Waals surface area (Å²) >= 11 is 0. The third-order valence-electron chi connectivity index (χ3n) is 7.43. The van der Waals surface area contributed by atoms with E-state index in [0.717, 1.165) is 25.1 Å². The zero-order valence-corrected chi connectivity index (χ0v) is 24.1. The lowest BCUT2D eigenvalue weighted by molar-refractivity contribution is 0.0945. The predicted molar refractivity (Wildman–Crippen MR) is 152 cm³/mol. The fraction of sp³-hybridized carbons (Fsp3) is 0.400. The van der Waals surface area contributed by atoms with E-state index >= 15 is 4.39 Å². The summed E-state index contributed by atoms with van der Waals surface area (Å²) in [5.41, 5.74) is 6.08. The maximum atomic E-state index is 15.3. The van der Waals surface area contributed by atoms with E-state index in [1.165, 1.54) is 29.0 Å². The molecule has 0 fully saturated rings. The van der Waals surface area contributed by atoms with Crippen LogP contribution >= 0.6 is 0 Å². The van der Waals surface area contributed by atoms with Crippen molar-refractivity contribution in [2.45, 2.75) is 59.5 Å². The van der Waals surface area contributed by atoms with E-state index in [-0.39, 0.29) is 30.4 Å². The summed E-state index contributed by atoms with van der Waals surface area (Å²) in [6.45, 7) is 8.83. The molecule has 2 aromatic carbocycles. The number of carbonyl (C=O) groups excluding carboxylic acids is 1. The number of benzene rings is 2. The number of hydrogen-bond acceptors (Lipinski definition) is 7. The van der Waals surface area contributed by atoms with Crippen molar-refractivity contribution in [1.82, 2.24) is 35.0 Å². The number of nitrogens with one attached hydrogen (secondary N) is 1. The van der Waals surface area contributed by atoms with Gasteiger partial charge in [-0.2, -0.15) is 5.10 Å². The number of rotatable bonds is 10. The molecule has 0 bridgehead atoms. The molecule has 0 radical (unpaired) electrons. The van der Waals surface area contributed by atoms with Crippen LogP contribution in [0.15, 0.2) is 42.7 Å². The number of aryl methyl sites for hydroxylation is 1. The normalized spacial score (nSPS) is 13.4. The van der Waals surface area contributed by atoms with Crippen molar-refractivity contribution in [3.8, 4) is 11.4 Å². The van der Waals surface area contributed by atoms with Crippen LogP contribution in [0, 0.1) is 12.7 Å². The van der Waals surface area contributed by atoms with Crippen molar-refractivity contribution in [3.63, 3.8) is 0 Å². The van der Waals surface area contributed by atoms with Gasteiger partial charge in [0.2, 0.25) is 0 Å². The summed E-state index contributed by atoms with van der Waals surface area (Å²) < 4.78 is 29.1. The van der Waals surface area contributed by atoms with Gasteiger partial charge in [0.25, 0.3) is 5.91 Å². The first-order valence-corrected chi connectivity index (χ1v) is 13.7. The van der Waals surface area contributed by atoms with Crippen LogP contribution in [0.2, 0.25) is 0 Å². The van der Waals surface area contributed by atoms with Crippen LogP contribution in [-0.2, 0) is 37.4 Å². The highest BCUT2D eigenvalue weighted by atomic mass is 19.1. The third-order valence-corrected chi connectivity index (χ3v) is 7.43. The highest BCUT2D eigenvalue weighted by molar-refractivity contribution is 5.95. The van der Waals surface area contributed by atoms with Crippen molar-refractivity contribution in [2.24, 2.45) is 0 Å². The topological polar surface area (TPSA) is 99.3 Å². The van der Waals surface area contributed by atoms with Gasteiger partial charge in [-0.1, -0.05) is 23.4 Å². The van der Waals surface area contributed by atoms with Gasteiger partial charge >= 0.3 is 0 Å². The Kier molecular flexibility index (Phi) is 8.46. The SMILES string of the molecule is COCc1nn(Cc2ccc3c(c2)CN(C(C)C)CC3)cc1C(=O)NCc1c(-n2cc(C)nn2)ccc(OC)c1F. The number of carbonyl (C=O) groups is 1. The molecule has 0 saturated carbocycles. The minimum Gasteiger partial charge on any atom is -0.494 e. The van der Waals surface area contributed by atoms with Crippen LogP contribution in [0.3, 0.4) is 0 Å². The molecule has 10 nitrogen and oxygen atoms in total. The monoisotopic (exact) mass is 561 g/mol. The summed E-state index contributed by atoms with van der Waals surface area (Å²) in [6.07, 6.45) is 4.45. The van der Waals surface area contributed by atoms with Gasteiger partial charge in [-0.15, -0.1) is 5.10 Å². The second kappa shape index (κ2) is 12.2. The average molecular weight is 562 g/mol. The van der Waals surface area contributed by atoms with Crippen LogP contribution in [0.1, 0.15) is 57.8 Å². The molecule has 0 aliphatic carbocycles.